The number of sulfonamides is 1. The Hall–Kier alpha value is -0.800. The van der Waals surface area contributed by atoms with Gasteiger partial charge in [-0.1, -0.05) is 28.1 Å². The molecule has 1 N–H and O–H groups in total. The molecule has 0 spiro atoms. The van der Waals surface area contributed by atoms with Crippen LogP contribution in [0.15, 0.2) is 56.3 Å². The Morgan fingerprint density at radius 1 is 1.00 bits per heavy atom. The van der Waals surface area contributed by atoms with Gasteiger partial charge < -0.3 is 9.80 Å². The molecule has 0 unspecified atom stereocenters. The van der Waals surface area contributed by atoms with Gasteiger partial charge in [-0.25, -0.2) is 8.42 Å². The Morgan fingerprint density at radius 2 is 1.65 bits per heavy atom. The van der Waals surface area contributed by atoms with Crippen molar-refractivity contribution in [3.05, 3.63) is 51.4 Å². The van der Waals surface area contributed by atoms with Crippen LogP contribution in [0.25, 0.3) is 0 Å². The van der Waals surface area contributed by atoms with Gasteiger partial charge in [0, 0.05) is 35.1 Å². The van der Waals surface area contributed by atoms with E-state index >= 15 is 0 Å². The van der Waals surface area contributed by atoms with E-state index < -0.39 is 10.0 Å². The summed E-state index contributed by atoms with van der Waals surface area (Å²) in [7, 11) is -1.59. The molecular weight excluding hydrogens is 506 g/mol. The van der Waals surface area contributed by atoms with Crippen LogP contribution in [0.5, 0.6) is 0 Å². The second-order valence-electron chi connectivity index (χ2n) is 5.99. The van der Waals surface area contributed by atoms with E-state index in [1.165, 1.54) is 0 Å². The molecule has 1 saturated heterocycles. The number of benzene rings is 2. The highest BCUT2D eigenvalue weighted by molar-refractivity contribution is 9.10. The van der Waals surface area contributed by atoms with Gasteiger partial charge in [0.1, 0.15) is 4.90 Å². The van der Waals surface area contributed by atoms with Crippen LogP contribution in [-0.2, 0) is 10.0 Å². The zero-order chi connectivity index (χ0) is 18.0. The molecule has 0 atom stereocenters. The zero-order valence-corrected chi connectivity index (χ0v) is 19.0. The molecule has 0 bridgehead atoms. The van der Waals surface area contributed by atoms with Gasteiger partial charge in [-0.3, -0.25) is 4.72 Å². The van der Waals surface area contributed by atoms with Gasteiger partial charge in [-0.2, -0.15) is 0 Å². The van der Waals surface area contributed by atoms with Gasteiger partial charge in [0.2, 0.25) is 0 Å². The van der Waals surface area contributed by atoms with Crippen molar-refractivity contribution in [1.82, 2.24) is 4.90 Å². The van der Waals surface area contributed by atoms with E-state index in [1.807, 2.05) is 18.2 Å². The molecule has 2 aromatic carbocycles. The van der Waals surface area contributed by atoms with E-state index in [0.717, 1.165) is 36.3 Å². The molecule has 2 aromatic rings. The Labute approximate surface area is 177 Å². The van der Waals surface area contributed by atoms with Crippen molar-refractivity contribution >= 4 is 65.7 Å². The minimum Gasteiger partial charge on any atom is -0.367 e. The number of anilines is 2. The number of hydrogen-bond acceptors (Lipinski definition) is 4. The second kappa shape index (κ2) is 8.93. The lowest BCUT2D eigenvalue weighted by Crippen LogP contribution is -2.44. The minimum atomic E-state index is -3.69. The quantitative estimate of drug-likeness (QED) is 0.651. The van der Waals surface area contributed by atoms with Crippen LogP contribution >= 0.6 is 44.3 Å². The summed E-state index contributed by atoms with van der Waals surface area (Å²) in [6.45, 7) is 3.63. The molecule has 1 aliphatic rings. The standard InChI is InChI=1S/C17H19Br2N3O2S.ClH/c1-21-8-10-22(11-9-21)16-7-6-13(18)12-15(16)20-25(23,24)17-5-3-2-4-14(17)19;/h2-7,12,20H,8-11H2,1H3;1H. The molecule has 5 nitrogen and oxygen atoms in total. The van der Waals surface area contributed by atoms with E-state index in [2.05, 4.69) is 53.4 Å². The number of nitrogens with one attached hydrogen (secondary N) is 1. The molecule has 3 rings (SSSR count). The van der Waals surface area contributed by atoms with Crippen molar-refractivity contribution in [2.45, 2.75) is 4.90 Å². The van der Waals surface area contributed by atoms with Crippen molar-refractivity contribution in [3.63, 3.8) is 0 Å². The third-order valence-electron chi connectivity index (χ3n) is 4.17. The molecule has 142 valence electrons. The lowest BCUT2D eigenvalue weighted by molar-refractivity contribution is 0.313. The van der Waals surface area contributed by atoms with Gasteiger partial charge in [0.05, 0.1) is 11.4 Å². The number of likely N-dealkylation sites (N-methyl/N-ethyl adjacent to an activating group) is 1. The molecule has 0 saturated carbocycles. The van der Waals surface area contributed by atoms with Gasteiger partial charge in [-0.15, -0.1) is 12.4 Å². The molecule has 9 heteroatoms. The molecule has 1 heterocycles. The minimum absolute atomic E-state index is 0. The molecule has 0 aromatic heterocycles. The predicted octanol–water partition coefficient (Wildman–Crippen LogP) is 4.19. The number of nitrogens with zero attached hydrogens (tertiary/aromatic N) is 2. The second-order valence-corrected chi connectivity index (χ2v) is 9.41. The maximum Gasteiger partial charge on any atom is 0.263 e. The van der Waals surface area contributed by atoms with E-state index in [4.69, 9.17) is 0 Å². The summed E-state index contributed by atoms with van der Waals surface area (Å²) in [5, 5.41) is 0. The average Bonchev–Trinajstić information content (AvgIpc) is 2.56. The monoisotopic (exact) mass is 523 g/mol. The summed E-state index contributed by atoms with van der Waals surface area (Å²) in [5.74, 6) is 0. The summed E-state index contributed by atoms with van der Waals surface area (Å²) in [4.78, 5) is 4.70. The molecule has 0 aliphatic carbocycles. The van der Waals surface area contributed by atoms with Gasteiger partial charge in [-0.05, 0) is 53.3 Å². The molecule has 0 radical (unpaired) electrons. The highest BCUT2D eigenvalue weighted by atomic mass is 79.9. The fourth-order valence-corrected chi connectivity index (χ4v) is 5.21. The first-order valence-corrected chi connectivity index (χ1v) is 10.9. The summed E-state index contributed by atoms with van der Waals surface area (Å²) in [6.07, 6.45) is 0. The van der Waals surface area contributed by atoms with Gasteiger partial charge in [0.25, 0.3) is 10.0 Å². The van der Waals surface area contributed by atoms with Gasteiger partial charge >= 0.3 is 0 Å². The van der Waals surface area contributed by atoms with E-state index in [0.29, 0.717) is 10.2 Å². The predicted molar refractivity (Wildman–Crippen MR) is 116 cm³/mol. The molecule has 1 fully saturated rings. The summed E-state index contributed by atoms with van der Waals surface area (Å²) in [6, 6.07) is 12.5. The van der Waals surface area contributed by atoms with Crippen LogP contribution in [0.4, 0.5) is 11.4 Å². The third kappa shape index (κ3) is 4.92. The number of rotatable bonds is 4. The fraction of sp³-hybridized carbons (Fsp3) is 0.294. The van der Waals surface area contributed by atoms with Crippen LogP contribution in [0.2, 0.25) is 0 Å². The van der Waals surface area contributed by atoms with E-state index in [-0.39, 0.29) is 17.3 Å². The normalized spacial score (nSPS) is 15.4. The molecular formula is C17H20Br2ClN3O2S. The maximum atomic E-state index is 12.8. The highest BCUT2D eigenvalue weighted by Crippen LogP contribution is 2.33. The smallest absolute Gasteiger partial charge is 0.263 e. The summed E-state index contributed by atoms with van der Waals surface area (Å²) >= 11 is 6.75. The Kier molecular flexibility index (Phi) is 7.38. The number of halogens is 3. The molecule has 26 heavy (non-hydrogen) atoms. The number of hydrogen-bond donors (Lipinski definition) is 1. The third-order valence-corrected chi connectivity index (χ3v) is 7.04. The van der Waals surface area contributed by atoms with Gasteiger partial charge in [0.15, 0.2) is 0 Å². The van der Waals surface area contributed by atoms with Crippen molar-refractivity contribution < 1.29 is 8.42 Å². The van der Waals surface area contributed by atoms with E-state index in [1.54, 1.807) is 24.3 Å². The van der Waals surface area contributed by atoms with Crippen LogP contribution in [0.3, 0.4) is 0 Å². The van der Waals surface area contributed by atoms with Crippen molar-refractivity contribution in [1.29, 1.82) is 0 Å². The van der Waals surface area contributed by atoms with Crippen LogP contribution < -0.4 is 9.62 Å². The Morgan fingerprint density at radius 3 is 2.31 bits per heavy atom. The van der Waals surface area contributed by atoms with E-state index in [9.17, 15) is 8.42 Å². The zero-order valence-electron chi connectivity index (χ0n) is 14.2. The Bertz CT molecular complexity index is 872. The van der Waals surface area contributed by atoms with Crippen LogP contribution in [-0.4, -0.2) is 46.5 Å². The Balaban J connectivity index is 0.00000243. The topological polar surface area (TPSA) is 52.6 Å². The lowest BCUT2D eigenvalue weighted by Gasteiger charge is -2.35. The first-order valence-electron chi connectivity index (χ1n) is 7.87. The molecule has 0 amide bonds. The fourth-order valence-electron chi connectivity index (χ4n) is 2.78. The van der Waals surface area contributed by atoms with Crippen molar-refractivity contribution in [2.24, 2.45) is 0 Å². The molecule has 1 aliphatic heterocycles. The van der Waals surface area contributed by atoms with Crippen molar-refractivity contribution in [2.75, 3.05) is 42.8 Å². The largest absolute Gasteiger partial charge is 0.367 e. The first-order chi connectivity index (χ1) is 11.9. The lowest BCUT2D eigenvalue weighted by atomic mass is 10.2. The summed E-state index contributed by atoms with van der Waals surface area (Å²) in [5.41, 5.74) is 1.47. The van der Waals surface area contributed by atoms with Crippen LogP contribution in [0.1, 0.15) is 0 Å². The first kappa shape index (κ1) is 21.5. The summed E-state index contributed by atoms with van der Waals surface area (Å²) < 4.78 is 29.8. The number of piperazine rings is 1. The maximum absolute atomic E-state index is 12.8. The van der Waals surface area contributed by atoms with Crippen molar-refractivity contribution in [3.8, 4) is 0 Å². The van der Waals surface area contributed by atoms with Crippen LogP contribution in [0, 0.1) is 0 Å². The average molecular weight is 526 g/mol. The SMILES string of the molecule is CN1CCN(c2ccc(Br)cc2NS(=O)(=O)c2ccccc2Br)CC1.Cl. The highest BCUT2D eigenvalue weighted by Gasteiger charge is 2.22.